The fraction of sp³-hybridized carbons (Fsp3) is 0.952. The average Bonchev–Trinajstić information content (AvgIpc) is 2.60. The van der Waals surface area contributed by atoms with Crippen LogP contribution in [0.25, 0.3) is 0 Å². The lowest BCUT2D eigenvalue weighted by atomic mass is 10.0. The minimum absolute atomic E-state index is 0.355. The predicted molar refractivity (Wildman–Crippen MR) is 113 cm³/mol. The molecule has 0 aliphatic carbocycles. The van der Waals surface area contributed by atoms with E-state index in [0.717, 1.165) is 13.0 Å². The third kappa shape index (κ3) is 18.4. The van der Waals surface area contributed by atoms with Gasteiger partial charge < -0.3 is 10.4 Å². The van der Waals surface area contributed by atoms with E-state index in [1.165, 1.54) is 96.3 Å². The van der Waals surface area contributed by atoms with Crippen molar-refractivity contribution in [2.24, 2.45) is 0 Å². The Morgan fingerprint density at radius 3 is 1.44 bits per heavy atom. The molecule has 0 saturated carbocycles. The van der Waals surface area contributed by atoms with Gasteiger partial charge in [-0.15, -0.1) is 0 Å². The Balaban J connectivity index is 3.11. The Labute approximate surface area is 162 Å². The first-order valence-corrected chi connectivity index (χ1v) is 11.4. The van der Waals surface area contributed by atoms with Gasteiger partial charge in [0.25, 0.3) is 0 Å². The summed E-state index contributed by atoms with van der Waals surface area (Å²) in [4.78, 5) is 10.8. The van der Waals surface area contributed by atoms with Crippen LogP contribution in [0.15, 0.2) is 0 Å². The first-order chi connectivity index (χ1) is 12.2. The second-order valence-corrected chi connectivity index (χ2v) is 7.70. The molecule has 0 radical (unpaired) electrons. The number of carboxylic acid groups (broad SMARTS) is 1. The summed E-state index contributed by atoms with van der Waals surface area (Å²) in [5.41, 5.74) is 0. The molecule has 0 aliphatic rings. The van der Waals surface area contributed by atoms with Gasteiger partial charge in [-0.1, -0.05) is 103 Å². The monoisotopic (exact) mass is 373 g/mol. The van der Waals surface area contributed by atoms with E-state index in [2.05, 4.69) is 24.9 Å². The molecule has 3 nitrogen and oxygen atoms in total. The summed E-state index contributed by atoms with van der Waals surface area (Å²) >= 11 is 4.05. The first kappa shape index (κ1) is 24.8. The van der Waals surface area contributed by atoms with Gasteiger partial charge in [0.05, 0.1) is 0 Å². The van der Waals surface area contributed by atoms with Gasteiger partial charge in [0.2, 0.25) is 0 Å². The zero-order valence-electron chi connectivity index (χ0n) is 16.6. The van der Waals surface area contributed by atoms with Gasteiger partial charge >= 0.3 is 5.97 Å². The van der Waals surface area contributed by atoms with Gasteiger partial charge in [0.1, 0.15) is 6.04 Å². The molecule has 0 heterocycles. The van der Waals surface area contributed by atoms with Crippen LogP contribution in [0.3, 0.4) is 0 Å². The normalized spacial score (nSPS) is 12.4. The number of thiol groups is 1. The van der Waals surface area contributed by atoms with Crippen LogP contribution in [0.2, 0.25) is 0 Å². The van der Waals surface area contributed by atoms with Crippen LogP contribution in [-0.4, -0.2) is 29.4 Å². The molecular formula is C21H43NO2S. The fourth-order valence-corrected chi connectivity index (χ4v) is 3.46. The SMILES string of the molecule is CCCCCCCCCCCCCCCCCCN[C@@H](CS)C(=O)O. The maximum absolute atomic E-state index is 10.8. The molecular weight excluding hydrogens is 330 g/mol. The van der Waals surface area contributed by atoms with E-state index in [4.69, 9.17) is 5.11 Å². The van der Waals surface area contributed by atoms with Crippen LogP contribution >= 0.6 is 12.6 Å². The van der Waals surface area contributed by atoms with Gasteiger partial charge in [-0.25, -0.2) is 0 Å². The van der Waals surface area contributed by atoms with Crippen LogP contribution in [0.5, 0.6) is 0 Å². The Kier molecular flexibility index (Phi) is 19.9. The lowest BCUT2D eigenvalue weighted by Gasteiger charge is -2.11. The van der Waals surface area contributed by atoms with Crippen LogP contribution in [0, 0.1) is 0 Å². The highest BCUT2D eigenvalue weighted by Gasteiger charge is 2.13. The zero-order chi connectivity index (χ0) is 18.6. The van der Waals surface area contributed by atoms with Crippen LogP contribution in [0.1, 0.15) is 110 Å². The van der Waals surface area contributed by atoms with Crippen molar-refractivity contribution >= 4 is 18.6 Å². The van der Waals surface area contributed by atoms with Crippen molar-refractivity contribution in [1.29, 1.82) is 0 Å². The highest BCUT2D eigenvalue weighted by atomic mass is 32.1. The van der Waals surface area contributed by atoms with E-state index >= 15 is 0 Å². The predicted octanol–water partition coefficient (Wildman–Crippen LogP) is 6.22. The quantitative estimate of drug-likeness (QED) is 0.175. The van der Waals surface area contributed by atoms with Crippen molar-refractivity contribution in [3.8, 4) is 0 Å². The van der Waals surface area contributed by atoms with Crippen molar-refractivity contribution in [2.45, 2.75) is 116 Å². The Bertz CT molecular complexity index is 287. The van der Waals surface area contributed by atoms with Crippen molar-refractivity contribution < 1.29 is 9.90 Å². The second kappa shape index (κ2) is 20.1. The van der Waals surface area contributed by atoms with Gasteiger partial charge in [0, 0.05) is 5.75 Å². The minimum atomic E-state index is -0.800. The van der Waals surface area contributed by atoms with Crippen molar-refractivity contribution in [1.82, 2.24) is 5.32 Å². The molecule has 25 heavy (non-hydrogen) atoms. The molecule has 0 amide bonds. The second-order valence-electron chi connectivity index (χ2n) is 7.33. The zero-order valence-corrected chi connectivity index (χ0v) is 17.5. The molecule has 0 aliphatic heterocycles. The Morgan fingerprint density at radius 2 is 1.12 bits per heavy atom. The smallest absolute Gasteiger partial charge is 0.321 e. The van der Waals surface area contributed by atoms with Crippen molar-refractivity contribution in [2.75, 3.05) is 12.3 Å². The largest absolute Gasteiger partial charge is 0.480 e. The van der Waals surface area contributed by atoms with Crippen molar-refractivity contribution in [3.05, 3.63) is 0 Å². The maximum Gasteiger partial charge on any atom is 0.321 e. The first-order valence-electron chi connectivity index (χ1n) is 10.8. The summed E-state index contributed by atoms with van der Waals surface area (Å²) in [7, 11) is 0. The van der Waals surface area contributed by atoms with Gasteiger partial charge in [0.15, 0.2) is 0 Å². The molecule has 2 N–H and O–H groups in total. The number of unbranched alkanes of at least 4 members (excludes halogenated alkanes) is 15. The Morgan fingerprint density at radius 1 is 0.760 bits per heavy atom. The summed E-state index contributed by atoms with van der Waals surface area (Å²) in [5.74, 6) is -0.444. The number of aliphatic carboxylic acids is 1. The third-order valence-corrected chi connectivity index (χ3v) is 5.27. The summed E-state index contributed by atoms with van der Waals surface area (Å²) in [6.45, 7) is 3.06. The molecule has 0 unspecified atom stereocenters. The van der Waals surface area contributed by atoms with E-state index < -0.39 is 12.0 Å². The Hall–Kier alpha value is -0.220. The summed E-state index contributed by atoms with van der Waals surface area (Å²) in [5, 5.41) is 11.9. The van der Waals surface area contributed by atoms with Crippen LogP contribution in [-0.2, 0) is 4.79 Å². The van der Waals surface area contributed by atoms with E-state index in [9.17, 15) is 4.79 Å². The fourth-order valence-electron chi connectivity index (χ4n) is 3.18. The highest BCUT2D eigenvalue weighted by Crippen LogP contribution is 2.13. The molecule has 0 bridgehead atoms. The van der Waals surface area contributed by atoms with Crippen LogP contribution < -0.4 is 5.32 Å². The number of hydrogen-bond acceptors (Lipinski definition) is 3. The molecule has 150 valence electrons. The van der Waals surface area contributed by atoms with Gasteiger partial charge in [-0.2, -0.15) is 12.6 Å². The lowest BCUT2D eigenvalue weighted by Crippen LogP contribution is -2.38. The molecule has 0 saturated heterocycles. The molecule has 0 aromatic rings. The van der Waals surface area contributed by atoms with E-state index in [0.29, 0.717) is 5.75 Å². The summed E-state index contributed by atoms with van der Waals surface area (Å²) in [6.07, 6.45) is 21.8. The van der Waals surface area contributed by atoms with E-state index in [-0.39, 0.29) is 0 Å². The molecule has 1 atom stereocenters. The minimum Gasteiger partial charge on any atom is -0.480 e. The number of hydrogen-bond donors (Lipinski definition) is 3. The van der Waals surface area contributed by atoms with Gasteiger partial charge in [-0.05, 0) is 13.0 Å². The number of rotatable bonds is 20. The molecule has 0 aromatic carbocycles. The third-order valence-electron chi connectivity index (χ3n) is 4.90. The number of carbonyl (C=O) groups is 1. The summed E-state index contributed by atoms with van der Waals surface area (Å²) in [6, 6.07) is -0.500. The topological polar surface area (TPSA) is 49.3 Å². The number of carboxylic acids is 1. The lowest BCUT2D eigenvalue weighted by molar-refractivity contribution is -0.138. The molecule has 4 heteroatoms. The number of nitrogens with one attached hydrogen (secondary N) is 1. The van der Waals surface area contributed by atoms with E-state index in [1.807, 2.05) is 0 Å². The average molecular weight is 374 g/mol. The summed E-state index contributed by atoms with van der Waals surface area (Å²) < 4.78 is 0. The van der Waals surface area contributed by atoms with Crippen molar-refractivity contribution in [3.63, 3.8) is 0 Å². The molecule has 0 spiro atoms. The molecule has 0 fully saturated rings. The van der Waals surface area contributed by atoms with Crippen LogP contribution in [0.4, 0.5) is 0 Å². The van der Waals surface area contributed by atoms with E-state index in [1.54, 1.807) is 0 Å². The standard InChI is InChI=1S/C21H43NO2S/c1-2-3-4-5-6-7-8-9-10-11-12-13-14-15-16-17-18-22-20(19-25)21(23)24/h20,22,25H,2-19H2,1H3,(H,23,24)/t20-/m0/s1. The van der Waals surface area contributed by atoms with Gasteiger partial charge in [-0.3, -0.25) is 4.79 Å². The molecule has 0 rings (SSSR count). The maximum atomic E-state index is 10.8. The molecule has 0 aromatic heterocycles. The highest BCUT2D eigenvalue weighted by molar-refractivity contribution is 7.80.